The molecule has 0 amide bonds. The third-order valence-corrected chi connectivity index (χ3v) is 6.27. The Kier molecular flexibility index (Phi) is 5.67. The van der Waals surface area contributed by atoms with E-state index < -0.39 is 11.2 Å². The van der Waals surface area contributed by atoms with Gasteiger partial charge in [0.05, 0.1) is 6.54 Å². The van der Waals surface area contributed by atoms with Gasteiger partial charge >= 0.3 is 11.7 Å². The Bertz CT molecular complexity index is 1600. The van der Waals surface area contributed by atoms with Crippen molar-refractivity contribution < 1.29 is 4.74 Å². The molecule has 7 nitrogen and oxygen atoms in total. The minimum Gasteiger partial charge on any atom is -0.425 e. The van der Waals surface area contributed by atoms with Gasteiger partial charge in [-0.2, -0.15) is 4.98 Å². The average Bonchev–Trinajstić information content (AvgIpc) is 3.21. The van der Waals surface area contributed by atoms with Crippen molar-refractivity contribution in [3.05, 3.63) is 110 Å². The van der Waals surface area contributed by atoms with Gasteiger partial charge in [-0.1, -0.05) is 70.5 Å². The van der Waals surface area contributed by atoms with Crippen molar-refractivity contribution in [1.29, 1.82) is 0 Å². The summed E-state index contributed by atoms with van der Waals surface area (Å²) in [7, 11) is 3.06. The maximum atomic E-state index is 13.1. The predicted molar refractivity (Wildman–Crippen MR) is 135 cm³/mol. The molecule has 170 valence electrons. The van der Waals surface area contributed by atoms with E-state index >= 15 is 0 Å². The molecule has 0 radical (unpaired) electrons. The summed E-state index contributed by atoms with van der Waals surface area (Å²) in [5, 5.41) is 0. The molecule has 0 aliphatic carbocycles. The van der Waals surface area contributed by atoms with E-state index in [0.29, 0.717) is 17.8 Å². The molecule has 0 fully saturated rings. The van der Waals surface area contributed by atoms with E-state index in [2.05, 4.69) is 20.9 Å². The minimum atomic E-state index is -0.440. The molecule has 8 heteroatoms. The Hall–Kier alpha value is -3.91. The lowest BCUT2D eigenvalue weighted by atomic mass is 10.1. The van der Waals surface area contributed by atoms with Crippen LogP contribution < -0.4 is 16.0 Å². The van der Waals surface area contributed by atoms with Crippen LogP contribution >= 0.6 is 15.9 Å². The van der Waals surface area contributed by atoms with Gasteiger partial charge in [-0.25, -0.2) is 4.79 Å². The lowest BCUT2D eigenvalue weighted by molar-refractivity contribution is 0.421. The Labute approximate surface area is 203 Å². The van der Waals surface area contributed by atoms with Gasteiger partial charge in [-0.05, 0) is 41.0 Å². The number of aryl methyl sites for hydroxylation is 1. The van der Waals surface area contributed by atoms with Gasteiger partial charge in [0, 0.05) is 18.6 Å². The highest BCUT2D eigenvalue weighted by molar-refractivity contribution is 9.10. The molecule has 2 aromatic heterocycles. The van der Waals surface area contributed by atoms with Gasteiger partial charge in [0.15, 0.2) is 11.2 Å². The first-order chi connectivity index (χ1) is 16.4. The topological polar surface area (TPSA) is 71.1 Å². The second-order valence-electron chi connectivity index (χ2n) is 7.98. The van der Waals surface area contributed by atoms with Gasteiger partial charge in [0.1, 0.15) is 5.75 Å². The molecule has 3 aromatic carbocycles. The molecule has 0 bridgehead atoms. The number of halogens is 1. The largest absolute Gasteiger partial charge is 0.425 e. The van der Waals surface area contributed by atoms with Crippen molar-refractivity contribution in [3.63, 3.8) is 0 Å². The van der Waals surface area contributed by atoms with Gasteiger partial charge in [0.2, 0.25) is 0 Å². The summed E-state index contributed by atoms with van der Waals surface area (Å²) in [5.74, 6) is 0.578. The van der Waals surface area contributed by atoms with Crippen LogP contribution in [0.4, 0.5) is 0 Å². The number of rotatable bonds is 5. The van der Waals surface area contributed by atoms with Gasteiger partial charge in [0.25, 0.3) is 5.56 Å². The fourth-order valence-corrected chi connectivity index (χ4v) is 4.14. The SMILES string of the molecule is Cn1c(=O)c2c(nc(Oc3ccc(-c4ccccc4)cc3)n2Cc2ccc(Br)cc2)n(C)c1=O. The van der Waals surface area contributed by atoms with Crippen molar-refractivity contribution >= 4 is 27.1 Å². The third-order valence-electron chi connectivity index (χ3n) is 5.74. The van der Waals surface area contributed by atoms with E-state index in [1.54, 1.807) is 11.6 Å². The number of nitrogens with zero attached hydrogens (tertiary/aromatic N) is 4. The van der Waals surface area contributed by atoms with Crippen LogP contribution in [0.15, 0.2) is 92.9 Å². The van der Waals surface area contributed by atoms with E-state index in [1.165, 1.54) is 11.6 Å². The van der Waals surface area contributed by atoms with Crippen molar-refractivity contribution in [3.8, 4) is 22.9 Å². The molecule has 0 N–H and O–H groups in total. The van der Waals surface area contributed by atoms with Crippen molar-refractivity contribution in [2.75, 3.05) is 0 Å². The van der Waals surface area contributed by atoms with Crippen molar-refractivity contribution in [2.45, 2.75) is 6.54 Å². The highest BCUT2D eigenvalue weighted by Crippen LogP contribution is 2.28. The molecule has 0 aliphatic rings. The van der Waals surface area contributed by atoms with E-state index in [4.69, 9.17) is 4.74 Å². The molecule has 34 heavy (non-hydrogen) atoms. The standard InChI is InChI=1S/C26H21BrN4O3/c1-29-23-22(24(32)30(2)26(29)33)31(16-17-8-12-20(27)13-9-17)25(28-23)34-21-14-10-19(11-15-21)18-6-4-3-5-7-18/h3-15H,16H2,1-2H3. The Morgan fingerprint density at radius 3 is 2.15 bits per heavy atom. The van der Waals surface area contributed by atoms with Crippen LogP contribution in [0.3, 0.4) is 0 Å². The van der Waals surface area contributed by atoms with Crippen LogP contribution in [0, 0.1) is 0 Å². The molecular weight excluding hydrogens is 496 g/mol. The average molecular weight is 517 g/mol. The maximum Gasteiger partial charge on any atom is 0.332 e. The second kappa shape index (κ2) is 8.79. The van der Waals surface area contributed by atoms with Crippen LogP contribution in [0.2, 0.25) is 0 Å². The Balaban J connectivity index is 1.60. The highest BCUT2D eigenvalue weighted by Gasteiger charge is 2.21. The smallest absolute Gasteiger partial charge is 0.332 e. The summed E-state index contributed by atoms with van der Waals surface area (Å²) >= 11 is 3.45. The molecule has 2 heterocycles. The van der Waals surface area contributed by atoms with Crippen molar-refractivity contribution in [1.82, 2.24) is 18.7 Å². The van der Waals surface area contributed by atoms with E-state index in [-0.39, 0.29) is 11.7 Å². The third kappa shape index (κ3) is 3.97. The number of ether oxygens (including phenoxy) is 1. The van der Waals surface area contributed by atoms with Crippen LogP contribution in [0.5, 0.6) is 11.8 Å². The number of hydrogen-bond donors (Lipinski definition) is 0. The monoisotopic (exact) mass is 516 g/mol. The normalized spacial score (nSPS) is 11.1. The summed E-state index contributed by atoms with van der Waals surface area (Å²) in [5.41, 5.74) is 2.86. The van der Waals surface area contributed by atoms with Crippen LogP contribution in [-0.2, 0) is 20.6 Å². The highest BCUT2D eigenvalue weighted by atomic mass is 79.9. The number of hydrogen-bond acceptors (Lipinski definition) is 4. The summed E-state index contributed by atoms with van der Waals surface area (Å²) in [6.45, 7) is 0.356. The van der Waals surface area contributed by atoms with E-state index in [0.717, 1.165) is 25.7 Å². The second-order valence-corrected chi connectivity index (χ2v) is 8.89. The molecule has 0 spiro atoms. The Morgan fingerprint density at radius 2 is 1.47 bits per heavy atom. The van der Waals surface area contributed by atoms with E-state index in [1.807, 2.05) is 78.9 Å². The van der Waals surface area contributed by atoms with Gasteiger partial charge in [-0.15, -0.1) is 0 Å². The molecular formula is C26H21BrN4O3. The number of imidazole rings is 1. The quantitative estimate of drug-likeness (QED) is 0.339. The Morgan fingerprint density at radius 1 is 0.824 bits per heavy atom. The first-order valence-corrected chi connectivity index (χ1v) is 11.5. The first-order valence-electron chi connectivity index (χ1n) is 10.7. The molecule has 0 unspecified atom stereocenters. The molecule has 5 aromatic rings. The zero-order valence-electron chi connectivity index (χ0n) is 18.6. The first kappa shape index (κ1) is 21.9. The zero-order valence-corrected chi connectivity index (χ0v) is 20.2. The minimum absolute atomic E-state index is 0.240. The molecule has 0 saturated heterocycles. The fraction of sp³-hybridized carbons (Fsp3) is 0.115. The fourth-order valence-electron chi connectivity index (χ4n) is 3.87. The summed E-state index contributed by atoms with van der Waals surface area (Å²) in [6.07, 6.45) is 0. The molecule has 0 aliphatic heterocycles. The number of benzene rings is 3. The lowest BCUT2D eigenvalue weighted by Crippen LogP contribution is -2.37. The van der Waals surface area contributed by atoms with Gasteiger partial charge in [-0.3, -0.25) is 18.5 Å². The zero-order chi connectivity index (χ0) is 23.8. The summed E-state index contributed by atoms with van der Waals surface area (Å²) in [4.78, 5) is 30.1. The predicted octanol–water partition coefficient (Wildman–Crippen LogP) is 4.70. The van der Waals surface area contributed by atoms with Crippen LogP contribution in [0.25, 0.3) is 22.3 Å². The van der Waals surface area contributed by atoms with Gasteiger partial charge < -0.3 is 4.74 Å². The number of fused-ring (bicyclic) bond motifs is 1. The summed E-state index contributed by atoms with van der Waals surface area (Å²) < 4.78 is 11.3. The van der Waals surface area contributed by atoms with E-state index in [9.17, 15) is 9.59 Å². The van der Waals surface area contributed by atoms with Crippen molar-refractivity contribution in [2.24, 2.45) is 14.1 Å². The molecule has 0 saturated carbocycles. The maximum absolute atomic E-state index is 13.1. The lowest BCUT2D eigenvalue weighted by Gasteiger charge is -2.11. The summed E-state index contributed by atoms with van der Waals surface area (Å²) in [6, 6.07) is 25.8. The molecule has 5 rings (SSSR count). The van der Waals surface area contributed by atoms with Crippen LogP contribution in [-0.4, -0.2) is 18.7 Å². The molecule has 0 atom stereocenters. The number of aromatic nitrogens is 4. The van der Waals surface area contributed by atoms with Crippen LogP contribution in [0.1, 0.15) is 5.56 Å².